The molecule has 0 fully saturated rings. The van der Waals surface area contributed by atoms with Gasteiger partial charge >= 0.3 is 0 Å². The summed E-state index contributed by atoms with van der Waals surface area (Å²) in [5, 5.41) is 2.02. The Labute approximate surface area is 147 Å². The number of carbonyl (C=O) groups excluding carboxylic acids is 1. The molecule has 0 spiro atoms. The zero-order valence-electron chi connectivity index (χ0n) is 14.4. The fourth-order valence-electron chi connectivity index (χ4n) is 2.99. The van der Waals surface area contributed by atoms with E-state index >= 15 is 0 Å². The van der Waals surface area contributed by atoms with Crippen LogP contribution in [0.1, 0.15) is 24.4 Å². The van der Waals surface area contributed by atoms with Gasteiger partial charge in [-0.3, -0.25) is 4.79 Å². The number of imidazole rings is 1. The normalized spacial score (nSPS) is 17.8. The van der Waals surface area contributed by atoms with Crippen LogP contribution in [-0.2, 0) is 29.0 Å². The number of thiophene rings is 1. The molecule has 24 heavy (non-hydrogen) atoms. The monoisotopic (exact) mass is 347 g/mol. The SMILES string of the molecule is CC(C)COCC1CN(C(=O)Cc2cccs2)Cc2cncn2C1. The first-order chi connectivity index (χ1) is 11.6. The Kier molecular flexibility index (Phi) is 5.68. The van der Waals surface area contributed by atoms with Crippen molar-refractivity contribution in [2.75, 3.05) is 19.8 Å². The van der Waals surface area contributed by atoms with Gasteiger partial charge in [-0.05, 0) is 17.4 Å². The summed E-state index contributed by atoms with van der Waals surface area (Å²) >= 11 is 1.64. The Morgan fingerprint density at radius 3 is 3.08 bits per heavy atom. The largest absolute Gasteiger partial charge is 0.381 e. The zero-order chi connectivity index (χ0) is 16.9. The van der Waals surface area contributed by atoms with Gasteiger partial charge in [0, 0.05) is 36.7 Å². The zero-order valence-corrected chi connectivity index (χ0v) is 15.2. The molecule has 0 aromatic carbocycles. The van der Waals surface area contributed by atoms with Crippen LogP contribution < -0.4 is 0 Å². The van der Waals surface area contributed by atoms with Crippen molar-refractivity contribution in [3.05, 3.63) is 40.6 Å². The summed E-state index contributed by atoms with van der Waals surface area (Å²) in [5.41, 5.74) is 1.10. The van der Waals surface area contributed by atoms with Crippen LogP contribution in [0.5, 0.6) is 0 Å². The molecule has 1 amide bonds. The van der Waals surface area contributed by atoms with Gasteiger partial charge in [0.15, 0.2) is 0 Å². The summed E-state index contributed by atoms with van der Waals surface area (Å²) in [6.45, 7) is 7.97. The number of nitrogens with zero attached hydrogens (tertiary/aromatic N) is 3. The molecule has 1 aliphatic rings. The molecule has 0 N–H and O–H groups in total. The molecule has 6 heteroatoms. The van der Waals surface area contributed by atoms with Crippen molar-refractivity contribution in [1.29, 1.82) is 0 Å². The average Bonchev–Trinajstić information content (AvgIpc) is 3.15. The van der Waals surface area contributed by atoms with Crippen molar-refractivity contribution in [3.63, 3.8) is 0 Å². The van der Waals surface area contributed by atoms with Gasteiger partial charge in [0.1, 0.15) is 0 Å². The molecule has 1 atom stereocenters. The van der Waals surface area contributed by atoms with Crippen molar-refractivity contribution in [3.8, 4) is 0 Å². The van der Waals surface area contributed by atoms with Crippen LogP contribution in [0.15, 0.2) is 30.0 Å². The molecule has 2 aromatic heterocycles. The Morgan fingerprint density at radius 1 is 1.46 bits per heavy atom. The lowest BCUT2D eigenvalue weighted by atomic mass is 10.1. The predicted molar refractivity (Wildman–Crippen MR) is 94.8 cm³/mol. The summed E-state index contributed by atoms with van der Waals surface area (Å²) in [5.74, 6) is 1.00. The molecule has 3 heterocycles. The lowest BCUT2D eigenvalue weighted by molar-refractivity contribution is -0.131. The molecule has 0 bridgehead atoms. The van der Waals surface area contributed by atoms with Crippen molar-refractivity contribution < 1.29 is 9.53 Å². The summed E-state index contributed by atoms with van der Waals surface area (Å²) < 4.78 is 8.00. The molecule has 1 unspecified atom stereocenters. The molecule has 0 saturated carbocycles. The molecular weight excluding hydrogens is 322 g/mol. The first kappa shape index (κ1) is 17.2. The predicted octanol–water partition coefficient (Wildman–Crippen LogP) is 2.82. The van der Waals surface area contributed by atoms with E-state index in [1.165, 1.54) is 0 Å². The highest BCUT2D eigenvalue weighted by Crippen LogP contribution is 2.19. The van der Waals surface area contributed by atoms with E-state index in [0.717, 1.165) is 30.3 Å². The number of aromatic nitrogens is 2. The Bertz CT molecular complexity index is 651. The minimum absolute atomic E-state index is 0.181. The van der Waals surface area contributed by atoms with Crippen LogP contribution >= 0.6 is 11.3 Å². The minimum Gasteiger partial charge on any atom is -0.381 e. The van der Waals surface area contributed by atoms with E-state index in [4.69, 9.17) is 4.74 Å². The van der Waals surface area contributed by atoms with Crippen LogP contribution in [0.2, 0.25) is 0 Å². The molecule has 0 radical (unpaired) electrons. The summed E-state index contributed by atoms with van der Waals surface area (Å²) in [6, 6.07) is 4.02. The average molecular weight is 347 g/mol. The second-order valence-electron chi connectivity index (χ2n) is 6.87. The molecule has 0 aliphatic carbocycles. The summed E-state index contributed by atoms with van der Waals surface area (Å²) in [6.07, 6.45) is 4.20. The smallest absolute Gasteiger partial charge is 0.228 e. The van der Waals surface area contributed by atoms with E-state index in [9.17, 15) is 4.79 Å². The van der Waals surface area contributed by atoms with E-state index in [-0.39, 0.29) is 5.91 Å². The van der Waals surface area contributed by atoms with Crippen LogP contribution in [-0.4, -0.2) is 40.1 Å². The molecule has 2 aromatic rings. The summed E-state index contributed by atoms with van der Waals surface area (Å²) in [7, 11) is 0. The van der Waals surface area contributed by atoms with Gasteiger partial charge in [-0.25, -0.2) is 4.98 Å². The third-order valence-corrected chi connectivity index (χ3v) is 5.02. The number of hydrogen-bond donors (Lipinski definition) is 0. The number of fused-ring (bicyclic) bond motifs is 1. The Hall–Kier alpha value is -1.66. The maximum absolute atomic E-state index is 12.7. The Morgan fingerprint density at radius 2 is 2.33 bits per heavy atom. The lowest BCUT2D eigenvalue weighted by Crippen LogP contribution is -2.36. The van der Waals surface area contributed by atoms with Gasteiger partial charge in [-0.15, -0.1) is 11.3 Å². The maximum atomic E-state index is 12.7. The number of amides is 1. The second kappa shape index (κ2) is 7.94. The van der Waals surface area contributed by atoms with Crippen molar-refractivity contribution in [2.24, 2.45) is 11.8 Å². The maximum Gasteiger partial charge on any atom is 0.228 e. The van der Waals surface area contributed by atoms with Crippen molar-refractivity contribution in [1.82, 2.24) is 14.5 Å². The number of rotatable bonds is 6. The Balaban J connectivity index is 1.67. The van der Waals surface area contributed by atoms with Gasteiger partial charge < -0.3 is 14.2 Å². The lowest BCUT2D eigenvalue weighted by Gasteiger charge is -2.24. The molecule has 3 rings (SSSR count). The highest BCUT2D eigenvalue weighted by molar-refractivity contribution is 7.10. The molecule has 130 valence electrons. The fraction of sp³-hybridized carbons (Fsp3) is 0.556. The topological polar surface area (TPSA) is 47.4 Å². The van der Waals surface area contributed by atoms with Crippen LogP contribution in [0.3, 0.4) is 0 Å². The van der Waals surface area contributed by atoms with Gasteiger partial charge in [0.25, 0.3) is 0 Å². The quantitative estimate of drug-likeness (QED) is 0.807. The van der Waals surface area contributed by atoms with Gasteiger partial charge in [-0.1, -0.05) is 19.9 Å². The number of hydrogen-bond acceptors (Lipinski definition) is 4. The first-order valence-corrected chi connectivity index (χ1v) is 9.36. The van der Waals surface area contributed by atoms with Crippen LogP contribution in [0, 0.1) is 11.8 Å². The van der Waals surface area contributed by atoms with Crippen molar-refractivity contribution in [2.45, 2.75) is 33.4 Å². The van der Waals surface area contributed by atoms with Gasteiger partial charge in [-0.2, -0.15) is 0 Å². The highest BCUT2D eigenvalue weighted by Gasteiger charge is 2.25. The van der Waals surface area contributed by atoms with E-state index in [1.807, 2.05) is 34.9 Å². The molecule has 5 nitrogen and oxygen atoms in total. The summed E-state index contributed by atoms with van der Waals surface area (Å²) in [4.78, 5) is 20.1. The van der Waals surface area contributed by atoms with Gasteiger partial charge in [0.2, 0.25) is 5.91 Å². The van der Waals surface area contributed by atoms with Gasteiger partial charge in [0.05, 0.1) is 31.6 Å². The fourth-order valence-corrected chi connectivity index (χ4v) is 3.69. The van der Waals surface area contributed by atoms with E-state index in [0.29, 0.717) is 31.4 Å². The van der Waals surface area contributed by atoms with Crippen LogP contribution in [0.25, 0.3) is 0 Å². The standard InChI is InChI=1S/C18H25N3O2S/c1-14(2)11-23-12-15-8-20(10-16-7-19-13-21(16)9-15)18(22)6-17-4-3-5-24-17/h3-5,7,13-15H,6,8-12H2,1-2H3. The second-order valence-corrected chi connectivity index (χ2v) is 7.90. The molecule has 1 aliphatic heterocycles. The third-order valence-electron chi connectivity index (χ3n) is 4.15. The first-order valence-electron chi connectivity index (χ1n) is 8.48. The van der Waals surface area contributed by atoms with E-state index in [1.54, 1.807) is 11.3 Å². The van der Waals surface area contributed by atoms with E-state index < -0.39 is 0 Å². The minimum atomic E-state index is 0.181. The molecular formula is C18H25N3O2S. The van der Waals surface area contributed by atoms with Crippen LogP contribution in [0.4, 0.5) is 0 Å². The number of carbonyl (C=O) groups is 1. The van der Waals surface area contributed by atoms with Crippen molar-refractivity contribution >= 4 is 17.2 Å². The molecule has 0 saturated heterocycles. The number of ether oxygens (including phenoxy) is 1. The highest BCUT2D eigenvalue weighted by atomic mass is 32.1. The van der Waals surface area contributed by atoms with E-state index in [2.05, 4.69) is 23.4 Å². The third kappa shape index (κ3) is 4.45.